The highest BCUT2D eigenvalue weighted by Crippen LogP contribution is 2.43. The van der Waals surface area contributed by atoms with Crippen LogP contribution in [0.15, 0.2) is 0 Å². The van der Waals surface area contributed by atoms with E-state index < -0.39 is 20.0 Å². The smallest absolute Gasteiger partial charge is 0.391 e. The maximum atomic E-state index is 12.9. The second-order valence-corrected chi connectivity index (χ2v) is 19.0. The monoisotopic (exact) mass is 790 g/mol. The zero-order chi connectivity index (χ0) is 40.0. The van der Waals surface area contributed by atoms with Crippen molar-refractivity contribution in [3.63, 3.8) is 0 Å². The molecule has 0 aromatic carbocycles. The summed E-state index contributed by atoms with van der Waals surface area (Å²) in [5.74, 6) is -0.140. The predicted molar refractivity (Wildman–Crippen MR) is 231 cm³/mol. The van der Waals surface area contributed by atoms with E-state index in [0.29, 0.717) is 23.9 Å². The molecule has 3 atom stereocenters. The van der Waals surface area contributed by atoms with Crippen molar-refractivity contribution in [2.24, 2.45) is 0 Å². The Kier molecular flexibility index (Phi) is 37.7. The molecule has 0 aromatic heterocycles. The predicted octanol–water partition coefficient (Wildman–Crippen LogP) is 13.0. The van der Waals surface area contributed by atoms with Crippen molar-refractivity contribution in [1.29, 1.82) is 0 Å². The van der Waals surface area contributed by atoms with Crippen molar-refractivity contribution < 1.29 is 32.9 Å². The number of nitrogens with one attached hydrogen (secondary N) is 1. The summed E-state index contributed by atoms with van der Waals surface area (Å²) in [6.07, 6.45) is 41.2. The van der Waals surface area contributed by atoms with Crippen LogP contribution in [0.2, 0.25) is 0 Å². The summed E-state index contributed by atoms with van der Waals surface area (Å²) in [6.45, 7) is 4.91. The van der Waals surface area contributed by atoms with Crippen LogP contribution in [-0.4, -0.2) is 73.4 Å². The molecule has 0 aliphatic heterocycles. The molecular formula is C45H94N2O6P+. The number of carbonyl (C=O) groups excluding carboxylic acids is 1. The summed E-state index contributed by atoms with van der Waals surface area (Å²) in [7, 11) is 1.63. The molecule has 0 heterocycles. The Hall–Kier alpha value is -0.500. The van der Waals surface area contributed by atoms with Gasteiger partial charge in [0.2, 0.25) is 5.91 Å². The molecule has 1 unspecified atom stereocenters. The van der Waals surface area contributed by atoms with Crippen molar-refractivity contribution in [2.45, 2.75) is 244 Å². The average Bonchev–Trinajstić information content (AvgIpc) is 3.12. The molecular weight excluding hydrogens is 695 g/mol. The average molecular weight is 790 g/mol. The van der Waals surface area contributed by atoms with Gasteiger partial charge in [-0.3, -0.25) is 13.8 Å². The number of carbonyl (C=O) groups is 1. The van der Waals surface area contributed by atoms with E-state index in [-0.39, 0.29) is 19.1 Å². The zero-order valence-corrected chi connectivity index (χ0v) is 37.6. The molecule has 0 saturated carbocycles. The molecule has 324 valence electrons. The van der Waals surface area contributed by atoms with E-state index in [4.69, 9.17) is 9.05 Å². The summed E-state index contributed by atoms with van der Waals surface area (Å²) in [6, 6.07) is -0.752. The number of amides is 1. The number of rotatable bonds is 43. The van der Waals surface area contributed by atoms with Crippen molar-refractivity contribution in [3.05, 3.63) is 0 Å². The summed E-state index contributed by atoms with van der Waals surface area (Å²) in [4.78, 5) is 23.2. The van der Waals surface area contributed by atoms with Gasteiger partial charge in [-0.2, -0.15) is 0 Å². The lowest BCUT2D eigenvalue weighted by atomic mass is 10.0. The van der Waals surface area contributed by atoms with E-state index in [1.165, 1.54) is 167 Å². The van der Waals surface area contributed by atoms with Gasteiger partial charge in [-0.05, 0) is 12.8 Å². The Bertz CT molecular complexity index is 855. The fraction of sp³-hybridized carbons (Fsp3) is 0.978. The number of phosphoric acid groups is 1. The van der Waals surface area contributed by atoms with Gasteiger partial charge in [0.25, 0.3) is 0 Å². The quantitative estimate of drug-likeness (QED) is 0.0323. The number of aliphatic hydroxyl groups is 1. The molecule has 1 amide bonds. The molecule has 3 N–H and O–H groups in total. The van der Waals surface area contributed by atoms with E-state index in [1.807, 2.05) is 21.1 Å². The minimum atomic E-state index is -4.31. The Balaban J connectivity index is 4.30. The molecule has 9 heteroatoms. The summed E-state index contributed by atoms with van der Waals surface area (Å²) >= 11 is 0. The zero-order valence-electron chi connectivity index (χ0n) is 36.7. The second-order valence-electron chi connectivity index (χ2n) is 17.5. The van der Waals surface area contributed by atoms with Crippen LogP contribution in [0.5, 0.6) is 0 Å². The first kappa shape index (κ1) is 53.5. The van der Waals surface area contributed by atoms with Crippen LogP contribution in [0.3, 0.4) is 0 Å². The van der Waals surface area contributed by atoms with E-state index >= 15 is 0 Å². The fourth-order valence-corrected chi connectivity index (χ4v) is 7.84. The van der Waals surface area contributed by atoms with Crippen molar-refractivity contribution in [2.75, 3.05) is 40.9 Å². The normalized spacial score (nSPS) is 14.3. The molecule has 0 rings (SSSR count). The first-order valence-corrected chi connectivity index (χ1v) is 24.9. The van der Waals surface area contributed by atoms with Gasteiger partial charge in [-0.25, -0.2) is 4.57 Å². The highest BCUT2D eigenvalue weighted by Gasteiger charge is 2.28. The third kappa shape index (κ3) is 39.7. The lowest BCUT2D eigenvalue weighted by Crippen LogP contribution is -2.46. The molecule has 54 heavy (non-hydrogen) atoms. The van der Waals surface area contributed by atoms with Gasteiger partial charge in [0.1, 0.15) is 13.2 Å². The number of aliphatic hydroxyl groups excluding tert-OH is 1. The number of phosphoric ester groups is 1. The molecule has 8 nitrogen and oxygen atoms in total. The highest BCUT2D eigenvalue weighted by molar-refractivity contribution is 7.47. The van der Waals surface area contributed by atoms with Gasteiger partial charge >= 0.3 is 7.82 Å². The van der Waals surface area contributed by atoms with Gasteiger partial charge in [-0.1, -0.05) is 213 Å². The molecule has 0 aliphatic carbocycles. The number of quaternary nitrogens is 1. The first-order valence-electron chi connectivity index (χ1n) is 23.4. The maximum Gasteiger partial charge on any atom is 0.472 e. The van der Waals surface area contributed by atoms with Crippen LogP contribution >= 0.6 is 7.82 Å². The molecule has 0 aromatic rings. The largest absolute Gasteiger partial charge is 0.472 e. The summed E-state index contributed by atoms with van der Waals surface area (Å²) < 4.78 is 23.7. The maximum absolute atomic E-state index is 12.9. The third-order valence-corrected chi connectivity index (χ3v) is 11.8. The van der Waals surface area contributed by atoms with Gasteiger partial charge < -0.3 is 19.8 Å². The number of nitrogens with zero attached hydrogens (tertiary/aromatic N) is 1. The lowest BCUT2D eigenvalue weighted by molar-refractivity contribution is -0.870. The van der Waals surface area contributed by atoms with Crippen LogP contribution in [-0.2, 0) is 18.4 Å². The standard InChI is InChI=1S/C45H93N2O6P/c1-6-8-10-12-14-16-18-20-22-24-26-28-30-32-34-36-38-44(48)43(42-53-54(50,51)52-41-40-47(3,4)5)46-45(49)39-37-35-33-31-29-27-25-23-21-19-17-15-13-11-9-7-2/h43-44,48H,6-42H2,1-5H3,(H-,46,49,50,51)/p+1/t43-,44+/m0/s1. The van der Waals surface area contributed by atoms with Gasteiger partial charge in [0, 0.05) is 6.42 Å². The van der Waals surface area contributed by atoms with Gasteiger partial charge in [-0.15, -0.1) is 0 Å². The van der Waals surface area contributed by atoms with E-state index in [0.717, 1.165) is 38.5 Å². The minimum absolute atomic E-state index is 0.0787. The van der Waals surface area contributed by atoms with Crippen molar-refractivity contribution >= 4 is 13.7 Å². The van der Waals surface area contributed by atoms with Gasteiger partial charge in [0.05, 0.1) is 39.9 Å². The highest BCUT2D eigenvalue weighted by atomic mass is 31.2. The summed E-state index contributed by atoms with van der Waals surface area (Å²) in [5.41, 5.74) is 0. The number of hydrogen-bond acceptors (Lipinski definition) is 5. The molecule has 0 spiro atoms. The fourth-order valence-electron chi connectivity index (χ4n) is 7.11. The second kappa shape index (κ2) is 38.0. The Morgan fingerprint density at radius 3 is 1.24 bits per heavy atom. The minimum Gasteiger partial charge on any atom is -0.391 e. The van der Waals surface area contributed by atoms with Gasteiger partial charge in [0.15, 0.2) is 0 Å². The number of likely N-dealkylation sites (N-methyl/N-ethyl adjacent to an activating group) is 1. The molecule has 0 bridgehead atoms. The van der Waals surface area contributed by atoms with E-state index in [9.17, 15) is 19.4 Å². The summed E-state index contributed by atoms with van der Waals surface area (Å²) in [5, 5.41) is 14.0. The molecule has 0 fully saturated rings. The SMILES string of the molecule is CCCCCCCCCCCCCCCCCCC(=O)N[C@@H](COP(=O)(O)OCC[N+](C)(C)C)[C@H](O)CCCCCCCCCCCCCCCCCC. The Morgan fingerprint density at radius 1 is 0.556 bits per heavy atom. The van der Waals surface area contributed by atoms with E-state index in [2.05, 4.69) is 19.2 Å². The third-order valence-electron chi connectivity index (χ3n) is 10.9. The van der Waals surface area contributed by atoms with Crippen LogP contribution < -0.4 is 5.32 Å². The lowest BCUT2D eigenvalue weighted by Gasteiger charge is -2.26. The first-order chi connectivity index (χ1) is 26.0. The Morgan fingerprint density at radius 2 is 0.889 bits per heavy atom. The van der Waals surface area contributed by atoms with E-state index in [1.54, 1.807) is 0 Å². The molecule has 0 aliphatic rings. The topological polar surface area (TPSA) is 105 Å². The van der Waals surface area contributed by atoms with Crippen molar-refractivity contribution in [3.8, 4) is 0 Å². The molecule has 0 saturated heterocycles. The van der Waals surface area contributed by atoms with Crippen LogP contribution in [0.4, 0.5) is 0 Å². The Labute approximate surface area is 336 Å². The number of hydrogen-bond donors (Lipinski definition) is 3. The number of unbranched alkanes of at least 4 members (excludes halogenated alkanes) is 30. The van der Waals surface area contributed by atoms with Crippen LogP contribution in [0.1, 0.15) is 232 Å². The van der Waals surface area contributed by atoms with Crippen molar-refractivity contribution in [1.82, 2.24) is 5.32 Å². The van der Waals surface area contributed by atoms with Crippen LogP contribution in [0.25, 0.3) is 0 Å². The molecule has 0 radical (unpaired) electrons. The van der Waals surface area contributed by atoms with Crippen LogP contribution in [0, 0.1) is 0 Å².